The fraction of sp³-hybridized carbons (Fsp3) is 0.500. The summed E-state index contributed by atoms with van der Waals surface area (Å²) in [4.78, 5) is 11.7. The van der Waals surface area contributed by atoms with Crippen LogP contribution < -0.4 is 4.74 Å². The van der Waals surface area contributed by atoms with Crippen molar-refractivity contribution >= 4 is 33.0 Å². The molecule has 1 aromatic rings. The second-order valence-electron chi connectivity index (χ2n) is 10.2. The Morgan fingerprint density at radius 2 is 1.83 bits per heavy atom. The van der Waals surface area contributed by atoms with Crippen molar-refractivity contribution in [1.29, 1.82) is 0 Å². The van der Waals surface area contributed by atoms with Gasteiger partial charge in [0.25, 0.3) is 0 Å². The number of hydrogen-bond donors (Lipinski definition) is 0. The molecule has 0 radical (unpaired) electrons. The summed E-state index contributed by atoms with van der Waals surface area (Å²) in [5.41, 5.74) is 5.50. The molecule has 0 N–H and O–H groups in total. The lowest BCUT2D eigenvalue weighted by Gasteiger charge is -2.36. The predicted molar refractivity (Wildman–Crippen MR) is 148 cm³/mol. The third-order valence-corrected chi connectivity index (χ3v) is 6.96. The van der Waals surface area contributed by atoms with Crippen LogP contribution in [0.4, 0.5) is 4.39 Å². The molecular weight excluding hydrogens is 507 g/mol. The fourth-order valence-corrected chi connectivity index (χ4v) is 5.64. The SMILES string of the molecule is CCOC(=O)/C=C(C)/C=C/C(F)=C(\c1cc2c(c(Br)c1OCC)C(C)(C)CC=C2C(C)C)C(C)C. The zero-order valence-corrected chi connectivity index (χ0v) is 24.2. The molecule has 0 aliphatic heterocycles. The van der Waals surface area contributed by atoms with Crippen LogP contribution in [0.3, 0.4) is 0 Å². The number of rotatable bonds is 9. The topological polar surface area (TPSA) is 35.5 Å². The van der Waals surface area contributed by atoms with Gasteiger partial charge in [0.15, 0.2) is 0 Å². The average Bonchev–Trinajstić information content (AvgIpc) is 2.74. The van der Waals surface area contributed by atoms with Crippen molar-refractivity contribution in [3.05, 3.63) is 62.9 Å². The summed E-state index contributed by atoms with van der Waals surface area (Å²) in [6, 6.07) is 2.11. The van der Waals surface area contributed by atoms with E-state index in [1.165, 1.54) is 23.3 Å². The van der Waals surface area contributed by atoms with E-state index in [1.807, 2.05) is 20.8 Å². The third kappa shape index (κ3) is 6.75. The van der Waals surface area contributed by atoms with Gasteiger partial charge in [-0.05, 0) is 94.8 Å². The van der Waals surface area contributed by atoms with Gasteiger partial charge < -0.3 is 9.47 Å². The molecule has 0 bridgehead atoms. The second kappa shape index (κ2) is 12.2. The number of ether oxygens (including phenoxy) is 2. The Morgan fingerprint density at radius 3 is 2.37 bits per heavy atom. The van der Waals surface area contributed by atoms with Crippen LogP contribution >= 0.6 is 15.9 Å². The van der Waals surface area contributed by atoms with Gasteiger partial charge in [0.2, 0.25) is 0 Å². The van der Waals surface area contributed by atoms with Crippen molar-refractivity contribution in [1.82, 2.24) is 0 Å². The van der Waals surface area contributed by atoms with E-state index in [9.17, 15) is 4.79 Å². The molecular formula is C30H40BrFO3. The van der Waals surface area contributed by atoms with Crippen molar-refractivity contribution < 1.29 is 18.7 Å². The largest absolute Gasteiger partial charge is 0.492 e. The summed E-state index contributed by atoms with van der Waals surface area (Å²) in [6.07, 6.45) is 7.65. The third-order valence-electron chi connectivity index (χ3n) is 6.20. The maximum absolute atomic E-state index is 15.8. The molecule has 0 saturated heterocycles. The molecule has 0 aromatic heterocycles. The first-order valence-electron chi connectivity index (χ1n) is 12.5. The van der Waals surface area contributed by atoms with Gasteiger partial charge in [0.05, 0.1) is 17.7 Å². The molecule has 0 unspecified atom stereocenters. The van der Waals surface area contributed by atoms with Crippen molar-refractivity contribution in [3.63, 3.8) is 0 Å². The van der Waals surface area contributed by atoms with Gasteiger partial charge in [-0.25, -0.2) is 9.18 Å². The zero-order chi connectivity index (χ0) is 26.5. The molecule has 3 nitrogen and oxygen atoms in total. The number of carbonyl (C=O) groups excluding carboxylic acids is 1. The van der Waals surface area contributed by atoms with Gasteiger partial charge in [-0.2, -0.15) is 0 Å². The van der Waals surface area contributed by atoms with E-state index < -0.39 is 5.97 Å². The number of allylic oxidation sites excluding steroid dienone is 7. The minimum Gasteiger partial charge on any atom is -0.492 e. The smallest absolute Gasteiger partial charge is 0.330 e. The number of halogens is 2. The maximum atomic E-state index is 15.8. The molecule has 0 saturated carbocycles. The molecule has 1 aliphatic rings. The molecule has 192 valence electrons. The molecule has 35 heavy (non-hydrogen) atoms. The molecule has 0 atom stereocenters. The molecule has 1 aliphatic carbocycles. The van der Waals surface area contributed by atoms with Crippen LogP contribution in [0.2, 0.25) is 0 Å². The van der Waals surface area contributed by atoms with Crippen LogP contribution in [-0.2, 0) is 14.9 Å². The molecule has 0 fully saturated rings. The predicted octanol–water partition coefficient (Wildman–Crippen LogP) is 8.97. The summed E-state index contributed by atoms with van der Waals surface area (Å²) in [7, 11) is 0. The van der Waals surface area contributed by atoms with Gasteiger partial charge in [-0.15, -0.1) is 0 Å². The lowest BCUT2D eigenvalue weighted by molar-refractivity contribution is -0.137. The van der Waals surface area contributed by atoms with Crippen LogP contribution in [0.1, 0.15) is 85.4 Å². The summed E-state index contributed by atoms with van der Waals surface area (Å²) in [5, 5.41) is 0. The number of esters is 1. The van der Waals surface area contributed by atoms with Crippen LogP contribution in [0, 0.1) is 11.8 Å². The van der Waals surface area contributed by atoms with E-state index in [4.69, 9.17) is 9.47 Å². The van der Waals surface area contributed by atoms with Gasteiger partial charge in [-0.1, -0.05) is 53.7 Å². The lowest BCUT2D eigenvalue weighted by Crippen LogP contribution is -2.24. The first-order chi connectivity index (χ1) is 16.3. The van der Waals surface area contributed by atoms with E-state index >= 15 is 4.39 Å². The Hall–Kier alpha value is -2.14. The monoisotopic (exact) mass is 546 g/mol. The minimum atomic E-state index is -0.434. The number of carbonyl (C=O) groups is 1. The van der Waals surface area contributed by atoms with Crippen molar-refractivity contribution in [3.8, 4) is 5.75 Å². The van der Waals surface area contributed by atoms with Crippen molar-refractivity contribution in [2.75, 3.05) is 13.2 Å². The summed E-state index contributed by atoms with van der Waals surface area (Å²) in [5.74, 6) is 0.136. The van der Waals surface area contributed by atoms with Crippen LogP contribution in [-0.4, -0.2) is 19.2 Å². The van der Waals surface area contributed by atoms with Crippen LogP contribution in [0.15, 0.2) is 46.2 Å². The second-order valence-corrected chi connectivity index (χ2v) is 11.0. The maximum Gasteiger partial charge on any atom is 0.330 e. The van der Waals surface area contributed by atoms with Gasteiger partial charge in [0, 0.05) is 17.2 Å². The molecule has 0 amide bonds. The molecule has 0 spiro atoms. The highest BCUT2D eigenvalue weighted by Crippen LogP contribution is 2.51. The highest BCUT2D eigenvalue weighted by atomic mass is 79.9. The highest BCUT2D eigenvalue weighted by Gasteiger charge is 2.34. The Morgan fingerprint density at radius 1 is 1.17 bits per heavy atom. The molecule has 2 rings (SSSR count). The summed E-state index contributed by atoms with van der Waals surface area (Å²) >= 11 is 3.87. The Kier molecular flexibility index (Phi) is 10.1. The van der Waals surface area contributed by atoms with Crippen LogP contribution in [0.25, 0.3) is 11.1 Å². The molecule has 0 heterocycles. The quantitative estimate of drug-likeness (QED) is 0.176. The van der Waals surface area contributed by atoms with E-state index in [1.54, 1.807) is 19.9 Å². The van der Waals surface area contributed by atoms with E-state index in [0.717, 1.165) is 22.0 Å². The summed E-state index contributed by atoms with van der Waals surface area (Å²) < 4.78 is 27.8. The average molecular weight is 548 g/mol. The number of fused-ring (bicyclic) bond motifs is 1. The van der Waals surface area contributed by atoms with E-state index in [2.05, 4.69) is 55.8 Å². The summed E-state index contributed by atoms with van der Waals surface area (Å²) in [6.45, 7) is 19.0. The van der Waals surface area contributed by atoms with Gasteiger partial charge >= 0.3 is 5.97 Å². The molecule has 5 heteroatoms. The first kappa shape index (κ1) is 29.1. The Balaban J connectivity index is 2.78. The minimum absolute atomic E-state index is 0.0773. The normalized spacial score (nSPS) is 16.4. The van der Waals surface area contributed by atoms with E-state index in [0.29, 0.717) is 36.0 Å². The van der Waals surface area contributed by atoms with E-state index in [-0.39, 0.29) is 17.2 Å². The number of hydrogen-bond acceptors (Lipinski definition) is 3. The van der Waals surface area contributed by atoms with Crippen molar-refractivity contribution in [2.24, 2.45) is 11.8 Å². The van der Waals surface area contributed by atoms with Crippen molar-refractivity contribution in [2.45, 2.75) is 74.1 Å². The van der Waals surface area contributed by atoms with Gasteiger partial charge in [-0.3, -0.25) is 0 Å². The Bertz CT molecular complexity index is 1070. The first-order valence-corrected chi connectivity index (χ1v) is 13.3. The molecule has 1 aromatic carbocycles. The fourth-order valence-electron chi connectivity index (χ4n) is 4.56. The lowest BCUT2D eigenvalue weighted by atomic mass is 9.70. The standard InChI is InChI=1S/C30H40BrFO3/c1-10-34-25(33)16-20(7)12-13-24(32)26(19(5)6)23-17-22-21(18(3)4)14-15-30(8,9)27(22)28(31)29(23)35-11-2/h12-14,16-19H,10-11,15H2,1-9H3/b13-12+,20-16+,26-24+. The van der Waals surface area contributed by atoms with Gasteiger partial charge in [0.1, 0.15) is 11.6 Å². The Labute approximate surface area is 219 Å². The highest BCUT2D eigenvalue weighted by molar-refractivity contribution is 9.10. The van der Waals surface area contributed by atoms with Crippen LogP contribution in [0.5, 0.6) is 5.75 Å². The zero-order valence-electron chi connectivity index (χ0n) is 22.6. The number of benzene rings is 1.